The van der Waals surface area contributed by atoms with Crippen molar-refractivity contribution in [1.29, 1.82) is 0 Å². The molecule has 96 valence electrons. The quantitative estimate of drug-likeness (QED) is 0.735. The fourth-order valence-corrected chi connectivity index (χ4v) is 2.10. The molecular weight excluding hydrogens is 244 g/mol. The van der Waals surface area contributed by atoms with Crippen molar-refractivity contribution in [3.63, 3.8) is 0 Å². The number of carboxylic acid groups (broad SMARTS) is 1. The molecule has 6 heteroatoms. The third kappa shape index (κ3) is 1.77. The van der Waals surface area contributed by atoms with E-state index in [9.17, 15) is 4.79 Å². The van der Waals surface area contributed by atoms with Gasteiger partial charge in [0, 0.05) is 5.56 Å². The zero-order chi connectivity index (χ0) is 13.6. The number of aromatic nitrogens is 4. The third-order valence-corrected chi connectivity index (χ3v) is 2.96. The Bertz CT molecular complexity index is 785. The predicted molar refractivity (Wildman–Crippen MR) is 69.2 cm³/mol. The molecule has 0 saturated heterocycles. The Morgan fingerprint density at radius 1 is 1.32 bits per heavy atom. The topological polar surface area (TPSA) is 83.3 Å². The first-order valence-electron chi connectivity index (χ1n) is 5.81. The van der Waals surface area contributed by atoms with Crippen molar-refractivity contribution in [3.05, 3.63) is 41.2 Å². The van der Waals surface area contributed by atoms with Crippen LogP contribution in [0.1, 0.15) is 21.7 Å². The molecule has 0 aliphatic carbocycles. The van der Waals surface area contributed by atoms with Crippen LogP contribution in [0.25, 0.3) is 17.2 Å². The zero-order valence-electron chi connectivity index (χ0n) is 10.5. The summed E-state index contributed by atoms with van der Waals surface area (Å²) in [5, 5.41) is 12.1. The number of carbonyl (C=O) groups is 1. The van der Waals surface area contributed by atoms with E-state index >= 15 is 0 Å². The lowest BCUT2D eigenvalue weighted by molar-refractivity contribution is 0.0687. The van der Waals surface area contributed by atoms with Crippen LogP contribution >= 0.6 is 0 Å². The second-order valence-electron chi connectivity index (χ2n) is 4.43. The Labute approximate surface area is 108 Å². The number of imidazole rings is 1. The minimum Gasteiger partial charge on any atom is -0.476 e. The molecule has 3 rings (SSSR count). The number of nitrogens with one attached hydrogen (secondary N) is 1. The summed E-state index contributed by atoms with van der Waals surface area (Å²) < 4.78 is 1.40. The summed E-state index contributed by atoms with van der Waals surface area (Å²) in [4.78, 5) is 19.7. The van der Waals surface area contributed by atoms with E-state index in [-0.39, 0.29) is 5.69 Å². The van der Waals surface area contributed by atoms with E-state index in [0.717, 1.165) is 11.1 Å². The number of hydrogen-bond acceptors (Lipinski definition) is 3. The van der Waals surface area contributed by atoms with Gasteiger partial charge in [-0.05, 0) is 19.9 Å². The highest BCUT2D eigenvalue weighted by atomic mass is 16.4. The SMILES string of the molecule is Cc1cccc(-c2nc3nc(C)c(C(=O)O)n3[nH]2)c1. The van der Waals surface area contributed by atoms with Gasteiger partial charge in [-0.2, -0.15) is 4.98 Å². The van der Waals surface area contributed by atoms with Gasteiger partial charge in [0.2, 0.25) is 0 Å². The number of carboxylic acids is 1. The van der Waals surface area contributed by atoms with Crippen LogP contribution in [0, 0.1) is 13.8 Å². The molecule has 0 atom stereocenters. The van der Waals surface area contributed by atoms with Gasteiger partial charge in [-0.1, -0.05) is 23.8 Å². The summed E-state index contributed by atoms with van der Waals surface area (Å²) in [6, 6.07) is 7.81. The van der Waals surface area contributed by atoms with E-state index in [1.807, 2.05) is 31.2 Å². The van der Waals surface area contributed by atoms with Crippen molar-refractivity contribution in [2.24, 2.45) is 0 Å². The van der Waals surface area contributed by atoms with E-state index in [1.54, 1.807) is 6.92 Å². The van der Waals surface area contributed by atoms with Crippen molar-refractivity contribution >= 4 is 11.7 Å². The lowest BCUT2D eigenvalue weighted by Crippen LogP contribution is -2.04. The third-order valence-electron chi connectivity index (χ3n) is 2.96. The molecule has 2 N–H and O–H groups in total. The van der Waals surface area contributed by atoms with Crippen molar-refractivity contribution in [2.45, 2.75) is 13.8 Å². The Kier molecular flexibility index (Phi) is 2.38. The summed E-state index contributed by atoms with van der Waals surface area (Å²) in [5.74, 6) is -0.0513. The monoisotopic (exact) mass is 256 g/mol. The maximum atomic E-state index is 11.2. The van der Waals surface area contributed by atoms with Crippen LogP contribution in [0.4, 0.5) is 0 Å². The minimum absolute atomic E-state index is 0.112. The molecule has 0 bridgehead atoms. The molecule has 0 unspecified atom stereocenters. The highest BCUT2D eigenvalue weighted by Crippen LogP contribution is 2.19. The molecule has 1 aromatic carbocycles. The first-order chi connectivity index (χ1) is 9.06. The van der Waals surface area contributed by atoms with E-state index in [2.05, 4.69) is 15.1 Å². The van der Waals surface area contributed by atoms with Crippen LogP contribution in [-0.4, -0.2) is 30.7 Å². The van der Waals surface area contributed by atoms with Crippen molar-refractivity contribution in [1.82, 2.24) is 19.6 Å². The number of aromatic amines is 1. The second kappa shape index (κ2) is 3.94. The molecule has 0 fully saturated rings. The van der Waals surface area contributed by atoms with Gasteiger partial charge in [-0.15, -0.1) is 0 Å². The molecule has 0 amide bonds. The lowest BCUT2D eigenvalue weighted by atomic mass is 10.1. The van der Waals surface area contributed by atoms with Crippen LogP contribution < -0.4 is 0 Å². The van der Waals surface area contributed by atoms with Gasteiger partial charge in [-0.3, -0.25) is 5.10 Å². The molecule has 0 aliphatic heterocycles. The molecule has 0 radical (unpaired) electrons. The molecule has 3 aromatic rings. The normalized spacial score (nSPS) is 11.1. The van der Waals surface area contributed by atoms with Crippen LogP contribution in [0.3, 0.4) is 0 Å². The predicted octanol–water partition coefficient (Wildman–Crippen LogP) is 2.04. The van der Waals surface area contributed by atoms with Crippen LogP contribution in [0.5, 0.6) is 0 Å². The highest BCUT2D eigenvalue weighted by molar-refractivity contribution is 5.88. The van der Waals surface area contributed by atoms with Crippen molar-refractivity contribution in [3.8, 4) is 11.4 Å². The average molecular weight is 256 g/mol. The van der Waals surface area contributed by atoms with Gasteiger partial charge in [0.1, 0.15) is 0 Å². The van der Waals surface area contributed by atoms with Gasteiger partial charge in [0.15, 0.2) is 11.5 Å². The Hall–Kier alpha value is -2.63. The molecule has 0 saturated carbocycles. The first-order valence-corrected chi connectivity index (χ1v) is 5.81. The maximum Gasteiger partial charge on any atom is 0.356 e. The minimum atomic E-state index is -1.02. The van der Waals surface area contributed by atoms with Crippen LogP contribution in [-0.2, 0) is 0 Å². The van der Waals surface area contributed by atoms with Gasteiger partial charge >= 0.3 is 5.97 Å². The number of benzene rings is 1. The van der Waals surface area contributed by atoms with Crippen LogP contribution in [0.2, 0.25) is 0 Å². The summed E-state index contributed by atoms with van der Waals surface area (Å²) in [6.45, 7) is 3.64. The fraction of sp³-hybridized carbons (Fsp3) is 0.154. The molecule has 6 nitrogen and oxygen atoms in total. The second-order valence-corrected chi connectivity index (χ2v) is 4.43. The van der Waals surface area contributed by atoms with Crippen molar-refractivity contribution < 1.29 is 9.90 Å². The average Bonchev–Trinajstić information content (AvgIpc) is 2.84. The summed E-state index contributed by atoms with van der Waals surface area (Å²) in [7, 11) is 0. The standard InChI is InChI=1S/C13H12N4O2/c1-7-4-3-5-9(6-7)11-15-13-14-8(2)10(12(18)19)17(13)16-11/h3-6H,1-2H3,(H,18,19)(H,14,15,16). The van der Waals surface area contributed by atoms with Gasteiger partial charge < -0.3 is 5.11 Å². The summed E-state index contributed by atoms with van der Waals surface area (Å²) in [6.07, 6.45) is 0. The zero-order valence-corrected chi connectivity index (χ0v) is 10.5. The lowest BCUT2D eigenvalue weighted by Gasteiger charge is -1.98. The van der Waals surface area contributed by atoms with Crippen molar-refractivity contribution in [2.75, 3.05) is 0 Å². The number of aryl methyl sites for hydroxylation is 2. The molecule has 0 spiro atoms. The number of nitrogens with zero attached hydrogens (tertiary/aromatic N) is 3. The maximum absolute atomic E-state index is 11.2. The van der Waals surface area contributed by atoms with E-state index < -0.39 is 5.97 Å². The number of hydrogen-bond donors (Lipinski definition) is 2. The summed E-state index contributed by atoms with van der Waals surface area (Å²) >= 11 is 0. The van der Waals surface area contributed by atoms with E-state index in [4.69, 9.17) is 5.11 Å². The highest BCUT2D eigenvalue weighted by Gasteiger charge is 2.18. The van der Waals surface area contributed by atoms with Gasteiger partial charge in [-0.25, -0.2) is 14.3 Å². The Balaban J connectivity index is 2.20. The van der Waals surface area contributed by atoms with Gasteiger partial charge in [0.05, 0.1) is 5.69 Å². The number of aromatic carboxylic acids is 1. The largest absolute Gasteiger partial charge is 0.476 e. The van der Waals surface area contributed by atoms with E-state index in [0.29, 0.717) is 17.3 Å². The van der Waals surface area contributed by atoms with Crippen LogP contribution in [0.15, 0.2) is 24.3 Å². The summed E-state index contributed by atoms with van der Waals surface area (Å²) in [5.41, 5.74) is 2.57. The first kappa shape index (κ1) is 11.5. The number of fused-ring (bicyclic) bond motifs is 1. The number of H-pyrrole nitrogens is 1. The smallest absolute Gasteiger partial charge is 0.356 e. The molecule has 2 heterocycles. The fourth-order valence-electron chi connectivity index (χ4n) is 2.10. The number of rotatable bonds is 2. The molecule has 2 aromatic heterocycles. The molecular formula is C13H12N4O2. The van der Waals surface area contributed by atoms with E-state index in [1.165, 1.54) is 4.52 Å². The Morgan fingerprint density at radius 2 is 2.11 bits per heavy atom. The molecule has 19 heavy (non-hydrogen) atoms. The van der Waals surface area contributed by atoms with Gasteiger partial charge in [0.25, 0.3) is 5.78 Å². The Morgan fingerprint density at radius 3 is 2.79 bits per heavy atom. The molecule has 0 aliphatic rings.